The molecule has 138 valence electrons. The van der Waals surface area contributed by atoms with Crippen LogP contribution in [0.5, 0.6) is 0 Å². The summed E-state index contributed by atoms with van der Waals surface area (Å²) in [6.07, 6.45) is 6.28. The monoisotopic (exact) mass is 351 g/mol. The van der Waals surface area contributed by atoms with Gasteiger partial charge in [-0.25, -0.2) is 0 Å². The van der Waals surface area contributed by atoms with Gasteiger partial charge in [0.05, 0.1) is 0 Å². The fourth-order valence-corrected chi connectivity index (χ4v) is 3.70. The molecule has 0 saturated heterocycles. The van der Waals surface area contributed by atoms with Gasteiger partial charge in [0.15, 0.2) is 0 Å². The first kappa shape index (κ1) is 18.7. The van der Waals surface area contributed by atoms with Crippen molar-refractivity contribution in [3.8, 4) is 0 Å². The van der Waals surface area contributed by atoms with Crippen molar-refractivity contribution in [3.05, 3.63) is 71.8 Å². The lowest BCUT2D eigenvalue weighted by Crippen LogP contribution is -2.38. The van der Waals surface area contributed by atoms with Gasteiger partial charge in [0.25, 0.3) is 0 Å². The van der Waals surface area contributed by atoms with E-state index in [1.165, 1.54) is 32.1 Å². The Morgan fingerprint density at radius 3 is 2.04 bits per heavy atom. The third kappa shape index (κ3) is 5.18. The van der Waals surface area contributed by atoms with Crippen molar-refractivity contribution in [1.29, 1.82) is 0 Å². The molecule has 0 spiro atoms. The van der Waals surface area contributed by atoms with E-state index in [9.17, 15) is 4.79 Å². The van der Waals surface area contributed by atoms with E-state index in [0.717, 1.165) is 11.1 Å². The normalized spacial score (nSPS) is 16.4. The standard InChI is InChI=1S/C23H29NO2/c1-18(17-24-21-15-9-4-10-16-21)26-23(25)22(19-11-5-2-6-12-19)20-13-7-3-8-14-20/h2-3,5-8,11-14,18,21-22,24H,4,9-10,15-17H2,1H3/t18-/m1/s1. The van der Waals surface area contributed by atoms with E-state index in [0.29, 0.717) is 12.6 Å². The highest BCUT2D eigenvalue weighted by Gasteiger charge is 2.26. The number of ether oxygens (including phenoxy) is 1. The predicted octanol–water partition coefficient (Wildman–Crippen LogP) is 4.67. The Morgan fingerprint density at radius 2 is 1.50 bits per heavy atom. The highest BCUT2D eigenvalue weighted by Crippen LogP contribution is 2.26. The first-order chi connectivity index (χ1) is 12.7. The number of hydrogen-bond donors (Lipinski definition) is 1. The van der Waals surface area contributed by atoms with Gasteiger partial charge in [-0.2, -0.15) is 0 Å². The first-order valence-electron chi connectivity index (χ1n) is 9.78. The summed E-state index contributed by atoms with van der Waals surface area (Å²) in [6, 6.07) is 20.3. The van der Waals surface area contributed by atoms with Crippen LogP contribution in [0, 0.1) is 0 Å². The highest BCUT2D eigenvalue weighted by atomic mass is 16.5. The van der Waals surface area contributed by atoms with Gasteiger partial charge in [0.1, 0.15) is 12.0 Å². The summed E-state index contributed by atoms with van der Waals surface area (Å²) >= 11 is 0. The molecule has 3 rings (SSSR count). The maximum absolute atomic E-state index is 13.0. The second kappa shape index (κ2) is 9.54. The van der Waals surface area contributed by atoms with Crippen LogP contribution in [-0.4, -0.2) is 24.7 Å². The lowest BCUT2D eigenvalue weighted by molar-refractivity contribution is -0.148. The molecule has 0 unspecified atom stereocenters. The molecule has 3 heteroatoms. The van der Waals surface area contributed by atoms with Gasteiger partial charge in [-0.15, -0.1) is 0 Å². The average molecular weight is 351 g/mol. The number of carbonyl (C=O) groups excluding carboxylic acids is 1. The minimum Gasteiger partial charge on any atom is -0.461 e. The molecule has 0 bridgehead atoms. The summed E-state index contributed by atoms with van der Waals surface area (Å²) < 4.78 is 5.81. The third-order valence-electron chi connectivity index (χ3n) is 5.12. The van der Waals surface area contributed by atoms with Gasteiger partial charge < -0.3 is 10.1 Å². The summed E-state index contributed by atoms with van der Waals surface area (Å²) in [5.74, 6) is -0.560. The summed E-state index contributed by atoms with van der Waals surface area (Å²) in [6.45, 7) is 2.69. The van der Waals surface area contributed by atoms with Crippen LogP contribution in [0.1, 0.15) is 56.1 Å². The number of rotatable bonds is 7. The first-order valence-corrected chi connectivity index (χ1v) is 9.78. The Morgan fingerprint density at radius 1 is 0.962 bits per heavy atom. The summed E-state index contributed by atoms with van der Waals surface area (Å²) in [5.41, 5.74) is 1.94. The molecule has 0 heterocycles. The molecule has 26 heavy (non-hydrogen) atoms. The van der Waals surface area contributed by atoms with Crippen molar-refractivity contribution in [3.63, 3.8) is 0 Å². The molecule has 1 atom stereocenters. The van der Waals surface area contributed by atoms with Crippen molar-refractivity contribution < 1.29 is 9.53 Å². The predicted molar refractivity (Wildman–Crippen MR) is 105 cm³/mol. The van der Waals surface area contributed by atoms with Crippen LogP contribution >= 0.6 is 0 Å². The van der Waals surface area contributed by atoms with E-state index < -0.39 is 0 Å². The molecule has 1 aliphatic rings. The van der Waals surface area contributed by atoms with E-state index in [-0.39, 0.29) is 18.0 Å². The number of benzene rings is 2. The van der Waals surface area contributed by atoms with Crippen LogP contribution in [0.15, 0.2) is 60.7 Å². The average Bonchev–Trinajstić information content (AvgIpc) is 2.69. The van der Waals surface area contributed by atoms with E-state index in [2.05, 4.69) is 5.32 Å². The summed E-state index contributed by atoms with van der Waals surface area (Å²) in [7, 11) is 0. The summed E-state index contributed by atoms with van der Waals surface area (Å²) in [4.78, 5) is 13.0. The number of nitrogens with one attached hydrogen (secondary N) is 1. The molecule has 1 fully saturated rings. The zero-order valence-corrected chi connectivity index (χ0v) is 15.6. The molecule has 1 N–H and O–H groups in total. The maximum Gasteiger partial charge on any atom is 0.318 e. The van der Waals surface area contributed by atoms with Gasteiger partial charge in [-0.3, -0.25) is 4.79 Å². The van der Waals surface area contributed by atoms with E-state index in [1.807, 2.05) is 67.6 Å². The van der Waals surface area contributed by atoms with Crippen molar-refractivity contribution in [2.45, 2.75) is 57.1 Å². The number of hydrogen-bond acceptors (Lipinski definition) is 3. The Balaban J connectivity index is 1.63. The Bertz CT molecular complexity index is 626. The molecule has 0 amide bonds. The SMILES string of the molecule is C[C@H](CNC1CCCCC1)OC(=O)C(c1ccccc1)c1ccccc1. The van der Waals surface area contributed by atoms with Crippen LogP contribution in [0.4, 0.5) is 0 Å². The van der Waals surface area contributed by atoms with Gasteiger partial charge in [-0.05, 0) is 30.9 Å². The van der Waals surface area contributed by atoms with E-state index in [1.54, 1.807) is 0 Å². The molecule has 3 nitrogen and oxygen atoms in total. The molecule has 0 aromatic heterocycles. The zero-order valence-electron chi connectivity index (χ0n) is 15.6. The van der Waals surface area contributed by atoms with Crippen LogP contribution < -0.4 is 5.32 Å². The van der Waals surface area contributed by atoms with Crippen molar-refractivity contribution in [2.75, 3.05) is 6.54 Å². The second-order valence-corrected chi connectivity index (χ2v) is 7.25. The third-order valence-corrected chi connectivity index (χ3v) is 5.12. The van der Waals surface area contributed by atoms with E-state index in [4.69, 9.17) is 4.74 Å². The topological polar surface area (TPSA) is 38.3 Å². The van der Waals surface area contributed by atoms with E-state index >= 15 is 0 Å². The van der Waals surface area contributed by atoms with Crippen LogP contribution in [-0.2, 0) is 9.53 Å². The molecule has 1 aliphatic carbocycles. The zero-order chi connectivity index (χ0) is 18.2. The quantitative estimate of drug-likeness (QED) is 0.737. The Labute approximate surface area is 156 Å². The molecular formula is C23H29NO2. The fourth-order valence-electron chi connectivity index (χ4n) is 3.70. The van der Waals surface area contributed by atoms with Crippen LogP contribution in [0.3, 0.4) is 0 Å². The van der Waals surface area contributed by atoms with Crippen molar-refractivity contribution in [1.82, 2.24) is 5.32 Å². The Hall–Kier alpha value is -2.13. The molecular weight excluding hydrogens is 322 g/mol. The molecule has 0 radical (unpaired) electrons. The van der Waals surface area contributed by atoms with Crippen molar-refractivity contribution in [2.24, 2.45) is 0 Å². The second-order valence-electron chi connectivity index (χ2n) is 7.25. The minimum atomic E-state index is -0.380. The highest BCUT2D eigenvalue weighted by molar-refractivity contribution is 5.82. The summed E-state index contributed by atoms with van der Waals surface area (Å²) in [5, 5.41) is 3.57. The number of carbonyl (C=O) groups is 1. The molecule has 1 saturated carbocycles. The molecule has 2 aromatic rings. The lowest BCUT2D eigenvalue weighted by Gasteiger charge is -2.25. The Kier molecular flexibility index (Phi) is 6.84. The van der Waals surface area contributed by atoms with Crippen molar-refractivity contribution >= 4 is 5.97 Å². The van der Waals surface area contributed by atoms with Gasteiger partial charge in [-0.1, -0.05) is 79.9 Å². The van der Waals surface area contributed by atoms with Crippen LogP contribution in [0.2, 0.25) is 0 Å². The van der Waals surface area contributed by atoms with Crippen LogP contribution in [0.25, 0.3) is 0 Å². The lowest BCUT2D eigenvalue weighted by atomic mass is 9.91. The number of esters is 1. The van der Waals surface area contributed by atoms with Gasteiger partial charge >= 0.3 is 5.97 Å². The maximum atomic E-state index is 13.0. The smallest absolute Gasteiger partial charge is 0.318 e. The minimum absolute atomic E-state index is 0.139. The molecule has 0 aliphatic heterocycles. The molecule has 2 aromatic carbocycles. The largest absolute Gasteiger partial charge is 0.461 e. The van der Waals surface area contributed by atoms with Gasteiger partial charge in [0.2, 0.25) is 0 Å². The fraction of sp³-hybridized carbons (Fsp3) is 0.435. The van der Waals surface area contributed by atoms with Gasteiger partial charge in [0, 0.05) is 12.6 Å².